The summed E-state index contributed by atoms with van der Waals surface area (Å²) in [6.07, 6.45) is 10.5. The molecule has 52 heavy (non-hydrogen) atoms. The van der Waals surface area contributed by atoms with Crippen LogP contribution in [0.3, 0.4) is 0 Å². The third-order valence-electron chi connectivity index (χ3n) is 11.0. The van der Waals surface area contributed by atoms with E-state index in [0.29, 0.717) is 0 Å². The molecule has 1 aliphatic carbocycles. The molecule has 0 fully saturated rings. The number of carbonyl (C=O) groups is 2. The Labute approximate surface area is 305 Å². The van der Waals surface area contributed by atoms with Crippen molar-refractivity contribution in [1.82, 2.24) is 0 Å². The summed E-state index contributed by atoms with van der Waals surface area (Å²) in [6.45, 7) is 8.56. The second-order valence-corrected chi connectivity index (χ2v) is 14.8. The van der Waals surface area contributed by atoms with E-state index in [0.717, 1.165) is 63.8 Å². The van der Waals surface area contributed by atoms with Gasteiger partial charge >= 0.3 is 5.97 Å². The van der Waals surface area contributed by atoms with Gasteiger partial charge in [0, 0.05) is 52.9 Å². The number of benzene rings is 4. The smallest absolute Gasteiger partial charge is 0.335 e. The second kappa shape index (κ2) is 13.0. The first-order valence-electron chi connectivity index (χ1n) is 17.6. The number of fused-ring (bicyclic) bond motifs is 2. The zero-order valence-corrected chi connectivity index (χ0v) is 30.5. The first-order valence-corrected chi connectivity index (χ1v) is 17.6. The number of nitrogens with zero attached hydrogens (tertiary/aromatic N) is 3. The number of allylic oxidation sites excluding steroid dienone is 7. The molecule has 7 nitrogen and oxygen atoms in total. The highest BCUT2D eigenvalue weighted by atomic mass is 16.4. The van der Waals surface area contributed by atoms with Crippen LogP contribution in [0, 0.1) is 0 Å². The van der Waals surface area contributed by atoms with Crippen LogP contribution in [-0.4, -0.2) is 41.4 Å². The molecular formula is C45H43N3O4. The molecule has 0 bridgehead atoms. The Kier molecular flexibility index (Phi) is 8.61. The number of rotatable bonds is 8. The zero-order chi connectivity index (χ0) is 36.9. The summed E-state index contributed by atoms with van der Waals surface area (Å²) in [5.74, 6) is -2.11. The summed E-state index contributed by atoms with van der Waals surface area (Å²) in [6, 6.07) is 31.4. The van der Waals surface area contributed by atoms with Gasteiger partial charge in [-0.25, -0.2) is 4.79 Å². The Balaban J connectivity index is 1.36. The van der Waals surface area contributed by atoms with Gasteiger partial charge in [-0.15, -0.1) is 0 Å². The van der Waals surface area contributed by atoms with Gasteiger partial charge in [0.2, 0.25) is 5.69 Å². The first kappa shape index (κ1) is 34.5. The van der Waals surface area contributed by atoms with Gasteiger partial charge in [0.1, 0.15) is 7.05 Å². The first-order chi connectivity index (χ1) is 24.8. The summed E-state index contributed by atoms with van der Waals surface area (Å²) in [4.78, 5) is 28.1. The van der Waals surface area contributed by atoms with Crippen LogP contribution in [0.5, 0.6) is 0 Å². The van der Waals surface area contributed by atoms with Crippen LogP contribution >= 0.6 is 0 Å². The number of carbonyl (C=O) groups excluding carboxylic acids is 1. The Morgan fingerprint density at radius 2 is 1.40 bits per heavy atom. The summed E-state index contributed by atoms with van der Waals surface area (Å²) in [5.41, 5.74) is 11.3. The maximum atomic E-state index is 11.8. The van der Waals surface area contributed by atoms with Crippen LogP contribution < -0.4 is 14.9 Å². The van der Waals surface area contributed by atoms with Crippen LogP contribution in [-0.2, 0) is 10.8 Å². The molecule has 0 saturated heterocycles. The number of likely N-dealkylation sites (N-methyl/N-ethyl adjacent to an activating group) is 1. The minimum absolute atomic E-state index is 0.179. The largest absolute Gasteiger partial charge is 0.545 e. The number of carboxylic acids is 2. The van der Waals surface area contributed by atoms with Crippen molar-refractivity contribution in [3.8, 4) is 0 Å². The lowest BCUT2D eigenvalue weighted by Crippen LogP contribution is -2.27. The van der Waals surface area contributed by atoms with E-state index >= 15 is 0 Å². The number of carboxylic acid groups (broad SMARTS) is 2. The SMILES string of the molecule is CN1/C(=C/C=C2\CCC(/C=C/C3=[N+](C)c4ccc(C(=O)[O-])cc4C3(C)C)=C2N(c2ccccc2)c2ccccc2)C(C)(C)c2cc(C(=O)O)ccc21. The molecule has 0 atom stereocenters. The maximum absolute atomic E-state index is 11.8. The monoisotopic (exact) mass is 689 g/mol. The Morgan fingerprint density at radius 3 is 2.02 bits per heavy atom. The van der Waals surface area contributed by atoms with Crippen molar-refractivity contribution in [2.24, 2.45) is 0 Å². The highest BCUT2D eigenvalue weighted by Crippen LogP contribution is 2.48. The highest BCUT2D eigenvalue weighted by Gasteiger charge is 2.43. The normalized spacial score (nSPS) is 18.8. The molecule has 0 unspecified atom stereocenters. The van der Waals surface area contributed by atoms with Crippen LogP contribution in [0.15, 0.2) is 144 Å². The van der Waals surface area contributed by atoms with Crippen molar-refractivity contribution < 1.29 is 24.4 Å². The summed E-state index contributed by atoms with van der Waals surface area (Å²) < 4.78 is 2.15. The lowest BCUT2D eigenvalue weighted by atomic mass is 9.80. The van der Waals surface area contributed by atoms with Crippen LogP contribution in [0.1, 0.15) is 72.4 Å². The molecule has 2 heterocycles. The van der Waals surface area contributed by atoms with E-state index in [2.05, 4.69) is 115 Å². The Morgan fingerprint density at radius 1 is 0.788 bits per heavy atom. The molecule has 0 radical (unpaired) electrons. The minimum Gasteiger partial charge on any atom is -0.545 e. The standard InChI is InChI=1S/C45H43N3O4/c1-44(2)35-27-31(42(49)50)19-23-37(35)46(5)39(44)25-21-29-17-18-30(41(29)48(33-13-9-7-10-14-33)34-15-11-8-12-16-34)22-26-40-45(3,4)36-28-32(43(51)52)20-24-38(36)47(40)6/h7-16,19-28H,17-18H2,1-6H3,(H-,49,50,51,52). The molecule has 4 aromatic carbocycles. The average molecular weight is 690 g/mol. The van der Waals surface area contributed by atoms with Gasteiger partial charge in [0.15, 0.2) is 5.71 Å². The molecule has 3 aliphatic rings. The van der Waals surface area contributed by atoms with E-state index in [1.54, 1.807) is 24.3 Å². The van der Waals surface area contributed by atoms with E-state index in [1.165, 1.54) is 11.1 Å². The number of hydrogen-bond acceptors (Lipinski definition) is 5. The molecular weight excluding hydrogens is 647 g/mol. The predicted molar refractivity (Wildman–Crippen MR) is 206 cm³/mol. The van der Waals surface area contributed by atoms with Gasteiger partial charge < -0.3 is 24.8 Å². The maximum Gasteiger partial charge on any atom is 0.335 e. The number of anilines is 3. The van der Waals surface area contributed by atoms with E-state index in [9.17, 15) is 19.8 Å². The third kappa shape index (κ3) is 5.76. The van der Waals surface area contributed by atoms with Crippen molar-refractivity contribution in [3.63, 3.8) is 0 Å². The number of hydrogen-bond donors (Lipinski definition) is 1. The van der Waals surface area contributed by atoms with Crippen molar-refractivity contribution in [3.05, 3.63) is 166 Å². The van der Waals surface area contributed by atoms with E-state index in [1.807, 2.05) is 38.4 Å². The fraction of sp³-hybridized carbons (Fsp3) is 0.222. The fourth-order valence-electron chi connectivity index (χ4n) is 8.18. The molecule has 4 aromatic rings. The summed E-state index contributed by atoms with van der Waals surface area (Å²) in [5, 5.41) is 21.4. The number of para-hydroxylation sites is 2. The molecule has 262 valence electrons. The molecule has 0 saturated carbocycles. The topological polar surface area (TPSA) is 86.9 Å². The molecule has 7 rings (SSSR count). The van der Waals surface area contributed by atoms with Gasteiger partial charge in [-0.1, -0.05) is 62.4 Å². The second-order valence-electron chi connectivity index (χ2n) is 14.8. The van der Waals surface area contributed by atoms with Crippen LogP contribution in [0.2, 0.25) is 0 Å². The average Bonchev–Trinajstić information content (AvgIpc) is 3.68. The van der Waals surface area contributed by atoms with Gasteiger partial charge in [-0.3, -0.25) is 0 Å². The lowest BCUT2D eigenvalue weighted by Gasteiger charge is -2.29. The fourth-order valence-corrected chi connectivity index (χ4v) is 8.18. The molecule has 7 heteroatoms. The molecule has 0 spiro atoms. The number of aromatic carboxylic acids is 2. The van der Waals surface area contributed by atoms with Crippen LogP contribution in [0.4, 0.5) is 22.7 Å². The summed E-state index contributed by atoms with van der Waals surface area (Å²) >= 11 is 0. The van der Waals surface area contributed by atoms with Crippen molar-refractivity contribution in [2.75, 3.05) is 23.9 Å². The van der Waals surface area contributed by atoms with Crippen LogP contribution in [0.25, 0.3) is 0 Å². The van der Waals surface area contributed by atoms with Crippen molar-refractivity contribution in [2.45, 2.75) is 51.4 Å². The quantitative estimate of drug-likeness (QED) is 0.187. The summed E-state index contributed by atoms with van der Waals surface area (Å²) in [7, 11) is 4.08. The Bertz CT molecular complexity index is 2230. The van der Waals surface area contributed by atoms with E-state index in [-0.39, 0.29) is 11.1 Å². The molecule has 2 aliphatic heterocycles. The zero-order valence-electron chi connectivity index (χ0n) is 30.5. The van der Waals surface area contributed by atoms with E-state index in [4.69, 9.17) is 0 Å². The predicted octanol–water partition coefficient (Wildman–Crippen LogP) is 8.43. The highest BCUT2D eigenvalue weighted by molar-refractivity contribution is 6.04. The Hall–Kier alpha value is -5.95. The lowest BCUT2D eigenvalue weighted by molar-refractivity contribution is -0.401. The molecule has 0 aromatic heterocycles. The molecule has 0 amide bonds. The third-order valence-corrected chi connectivity index (χ3v) is 11.0. The van der Waals surface area contributed by atoms with Gasteiger partial charge in [0.05, 0.1) is 22.6 Å². The van der Waals surface area contributed by atoms with Crippen molar-refractivity contribution in [1.29, 1.82) is 0 Å². The molecule has 1 N–H and O–H groups in total. The van der Waals surface area contributed by atoms with Gasteiger partial charge in [0.25, 0.3) is 0 Å². The van der Waals surface area contributed by atoms with E-state index < -0.39 is 22.8 Å². The minimum atomic E-state index is -1.18. The van der Waals surface area contributed by atoms with Gasteiger partial charge in [-0.2, -0.15) is 4.58 Å². The van der Waals surface area contributed by atoms with Crippen molar-refractivity contribution >= 4 is 40.4 Å². The van der Waals surface area contributed by atoms with Gasteiger partial charge in [-0.05, 0) is 110 Å².